The minimum absolute atomic E-state index is 0.0201. The number of hydrogen-bond acceptors (Lipinski definition) is 5. The summed E-state index contributed by atoms with van der Waals surface area (Å²) in [7, 11) is 0. The van der Waals surface area contributed by atoms with Gasteiger partial charge in [-0.05, 0) is 34.9 Å². The average Bonchev–Trinajstić information content (AvgIpc) is 3.22. The van der Waals surface area contributed by atoms with Crippen molar-refractivity contribution in [1.29, 1.82) is 0 Å². The quantitative estimate of drug-likeness (QED) is 0.563. The van der Waals surface area contributed by atoms with E-state index in [0.717, 1.165) is 16.7 Å². The smallest absolute Gasteiger partial charge is 0.0911 e. The van der Waals surface area contributed by atoms with Gasteiger partial charge in [-0.2, -0.15) is 0 Å². The lowest BCUT2D eigenvalue weighted by atomic mass is 9.83. The Bertz CT molecular complexity index is 855. The highest BCUT2D eigenvalue weighted by Gasteiger charge is 2.29. The molecule has 0 aromatic carbocycles. The van der Waals surface area contributed by atoms with Gasteiger partial charge in [0.25, 0.3) is 0 Å². The van der Waals surface area contributed by atoms with Crippen LogP contribution < -0.4 is 0 Å². The molecule has 4 aromatic heterocycles. The van der Waals surface area contributed by atoms with Gasteiger partial charge < -0.3 is 0 Å². The van der Waals surface area contributed by atoms with Crippen LogP contribution in [0.15, 0.2) is 86.0 Å². The summed E-state index contributed by atoms with van der Waals surface area (Å²) in [5.41, 5.74) is 3.21. The van der Waals surface area contributed by atoms with E-state index < -0.39 is 0 Å². The second-order valence-electron chi connectivity index (χ2n) is 5.66. The topological polar surface area (TPSA) is 69.4 Å². The van der Waals surface area contributed by atoms with E-state index in [2.05, 4.69) is 43.5 Å². The van der Waals surface area contributed by atoms with Crippen molar-refractivity contribution in [2.24, 2.45) is 0 Å². The predicted molar refractivity (Wildman–Crippen MR) is 92.7 cm³/mol. The van der Waals surface area contributed by atoms with Gasteiger partial charge in [-0.25, -0.2) is 4.68 Å². The Morgan fingerprint density at radius 1 is 0.680 bits per heavy atom. The van der Waals surface area contributed by atoms with Gasteiger partial charge in [0.15, 0.2) is 0 Å². The van der Waals surface area contributed by atoms with Gasteiger partial charge in [-0.15, -0.1) is 5.10 Å². The molecule has 0 fully saturated rings. The fourth-order valence-corrected chi connectivity index (χ4v) is 3.09. The lowest BCUT2D eigenvalue weighted by Gasteiger charge is -2.27. The monoisotopic (exact) mass is 328 g/mol. The van der Waals surface area contributed by atoms with Crippen LogP contribution in [-0.2, 0) is 0 Å². The molecule has 4 heterocycles. The van der Waals surface area contributed by atoms with Gasteiger partial charge in [-0.1, -0.05) is 23.4 Å². The molecule has 25 heavy (non-hydrogen) atoms. The minimum atomic E-state index is -0.107. The van der Waals surface area contributed by atoms with E-state index in [1.54, 1.807) is 24.8 Å². The van der Waals surface area contributed by atoms with Crippen LogP contribution in [0.5, 0.6) is 0 Å². The number of nitrogens with zero attached hydrogens (tertiary/aromatic N) is 6. The molecule has 4 aromatic rings. The number of aromatic nitrogens is 6. The van der Waals surface area contributed by atoms with Crippen LogP contribution in [0.25, 0.3) is 0 Å². The summed E-state index contributed by atoms with van der Waals surface area (Å²) in [6.45, 7) is 0. The first-order chi connectivity index (χ1) is 12.4. The van der Waals surface area contributed by atoms with Crippen molar-refractivity contribution in [2.45, 2.75) is 12.0 Å². The summed E-state index contributed by atoms with van der Waals surface area (Å²) < 4.78 is 1.86. The van der Waals surface area contributed by atoms with Crippen molar-refractivity contribution in [1.82, 2.24) is 29.9 Å². The van der Waals surface area contributed by atoms with E-state index in [9.17, 15) is 0 Å². The molecule has 0 aliphatic carbocycles. The largest absolute Gasteiger partial charge is 0.264 e. The van der Waals surface area contributed by atoms with E-state index >= 15 is 0 Å². The summed E-state index contributed by atoms with van der Waals surface area (Å²) in [6.07, 6.45) is 14.5. The number of rotatable bonds is 5. The summed E-state index contributed by atoms with van der Waals surface area (Å²) in [4.78, 5) is 12.9. The van der Waals surface area contributed by atoms with E-state index in [-0.39, 0.29) is 12.0 Å². The van der Waals surface area contributed by atoms with Gasteiger partial charge in [0, 0.05) is 49.3 Å². The maximum Gasteiger partial charge on any atom is 0.0911 e. The first-order valence-electron chi connectivity index (χ1n) is 7.99. The van der Waals surface area contributed by atoms with Crippen LogP contribution in [0, 0.1) is 0 Å². The average molecular weight is 328 g/mol. The van der Waals surface area contributed by atoms with E-state index in [0.29, 0.717) is 0 Å². The molecule has 122 valence electrons. The van der Waals surface area contributed by atoms with Crippen LogP contribution in [0.2, 0.25) is 0 Å². The Morgan fingerprint density at radius 2 is 1.24 bits per heavy atom. The molecule has 6 heteroatoms. The third-order valence-electron chi connectivity index (χ3n) is 4.15. The maximum absolute atomic E-state index is 4.31. The SMILES string of the molecule is c1cncc(C(c2cccnc2)C(c2cccnc2)n2ccnn2)c1. The fourth-order valence-electron chi connectivity index (χ4n) is 3.09. The minimum Gasteiger partial charge on any atom is -0.264 e. The Hall–Kier alpha value is -3.41. The zero-order valence-corrected chi connectivity index (χ0v) is 13.4. The normalized spacial score (nSPS) is 12.2. The van der Waals surface area contributed by atoms with Gasteiger partial charge >= 0.3 is 0 Å². The fraction of sp³-hybridized carbons (Fsp3) is 0.105. The molecule has 0 aliphatic heterocycles. The van der Waals surface area contributed by atoms with Crippen LogP contribution in [0.4, 0.5) is 0 Å². The molecule has 0 spiro atoms. The lowest BCUT2D eigenvalue weighted by Crippen LogP contribution is -2.21. The Morgan fingerprint density at radius 3 is 1.68 bits per heavy atom. The molecular weight excluding hydrogens is 312 g/mol. The number of hydrogen-bond donors (Lipinski definition) is 0. The van der Waals surface area contributed by atoms with Crippen LogP contribution in [0.1, 0.15) is 28.7 Å². The summed E-state index contributed by atoms with van der Waals surface area (Å²) >= 11 is 0. The lowest BCUT2D eigenvalue weighted by molar-refractivity contribution is 0.459. The molecule has 1 unspecified atom stereocenters. The zero-order chi connectivity index (χ0) is 16.9. The van der Waals surface area contributed by atoms with Gasteiger partial charge in [0.2, 0.25) is 0 Å². The molecule has 0 saturated heterocycles. The third-order valence-corrected chi connectivity index (χ3v) is 4.15. The van der Waals surface area contributed by atoms with Crippen LogP contribution in [0.3, 0.4) is 0 Å². The molecule has 4 rings (SSSR count). The van der Waals surface area contributed by atoms with Crippen molar-refractivity contribution >= 4 is 0 Å². The standard InChI is InChI=1S/C19H16N6/c1-4-15(12-20-7-1)18(16-5-2-8-21-13-16)19(25-11-10-23-24-25)17-6-3-9-22-14-17/h1-14,18-19H. The van der Waals surface area contributed by atoms with Gasteiger partial charge in [-0.3, -0.25) is 15.0 Å². The molecule has 0 amide bonds. The maximum atomic E-state index is 4.31. The van der Waals surface area contributed by atoms with E-state index in [1.165, 1.54) is 0 Å². The van der Waals surface area contributed by atoms with Crippen LogP contribution >= 0.6 is 0 Å². The van der Waals surface area contributed by atoms with Gasteiger partial charge in [0.05, 0.1) is 12.2 Å². The summed E-state index contributed by atoms with van der Waals surface area (Å²) in [5, 5.41) is 8.26. The third kappa shape index (κ3) is 3.14. The molecule has 1 atom stereocenters. The van der Waals surface area contributed by atoms with Crippen molar-refractivity contribution in [2.75, 3.05) is 0 Å². The first-order valence-corrected chi connectivity index (χ1v) is 7.99. The van der Waals surface area contributed by atoms with E-state index in [1.807, 2.05) is 47.7 Å². The molecule has 0 aliphatic rings. The Labute approximate surface area is 145 Å². The number of pyridine rings is 3. The highest BCUT2D eigenvalue weighted by atomic mass is 15.4. The second-order valence-corrected chi connectivity index (χ2v) is 5.66. The molecule has 0 radical (unpaired) electrons. The Balaban J connectivity index is 1.91. The first kappa shape index (κ1) is 15.1. The van der Waals surface area contributed by atoms with E-state index in [4.69, 9.17) is 0 Å². The molecular formula is C19H16N6. The predicted octanol–water partition coefficient (Wildman–Crippen LogP) is 2.88. The second kappa shape index (κ2) is 7.00. The Kier molecular flexibility index (Phi) is 4.24. The van der Waals surface area contributed by atoms with Gasteiger partial charge in [0.1, 0.15) is 0 Å². The highest BCUT2D eigenvalue weighted by Crippen LogP contribution is 2.38. The summed E-state index contributed by atoms with van der Waals surface area (Å²) in [6, 6.07) is 11.9. The molecule has 0 N–H and O–H groups in total. The highest BCUT2D eigenvalue weighted by molar-refractivity contribution is 5.35. The van der Waals surface area contributed by atoms with Crippen molar-refractivity contribution in [3.8, 4) is 0 Å². The zero-order valence-electron chi connectivity index (χ0n) is 13.4. The van der Waals surface area contributed by atoms with Crippen molar-refractivity contribution in [3.05, 3.63) is 103 Å². The van der Waals surface area contributed by atoms with Crippen molar-refractivity contribution in [3.63, 3.8) is 0 Å². The molecule has 0 bridgehead atoms. The molecule has 6 nitrogen and oxygen atoms in total. The van der Waals surface area contributed by atoms with Crippen LogP contribution in [-0.4, -0.2) is 29.9 Å². The summed E-state index contributed by atoms with van der Waals surface area (Å²) in [5.74, 6) is -0.0201. The van der Waals surface area contributed by atoms with Crippen molar-refractivity contribution < 1.29 is 0 Å². The molecule has 0 saturated carbocycles.